The first-order valence-electron chi connectivity index (χ1n) is 7.62. The number of esters is 1. The minimum Gasteiger partial charge on any atom is -0.508 e. The van der Waals surface area contributed by atoms with Crippen LogP contribution in [0.5, 0.6) is 5.75 Å². The molecule has 1 aromatic heterocycles. The van der Waals surface area contributed by atoms with E-state index in [1.54, 1.807) is 30.3 Å². The maximum absolute atomic E-state index is 11.9. The van der Waals surface area contributed by atoms with Gasteiger partial charge in [-0.05, 0) is 18.2 Å². The molecule has 8 heteroatoms. The lowest BCUT2D eigenvalue weighted by Gasteiger charge is -2.17. The number of carbonyl (C=O) groups excluding carboxylic acids is 1. The van der Waals surface area contributed by atoms with Gasteiger partial charge in [-0.2, -0.15) is 0 Å². The Hall–Kier alpha value is -2.68. The fraction of sp³-hybridized carbons (Fsp3) is 0.294. The summed E-state index contributed by atoms with van der Waals surface area (Å²) in [5.41, 5.74) is -0.250. The van der Waals surface area contributed by atoms with E-state index in [0.717, 1.165) is 10.6 Å². The highest BCUT2D eigenvalue weighted by molar-refractivity contribution is 5.89. The highest BCUT2D eigenvalue weighted by Gasteiger charge is 2.44. The molecule has 0 unspecified atom stereocenters. The number of ether oxygens (including phenoxy) is 2. The Morgan fingerprint density at radius 3 is 2.56 bits per heavy atom. The SMILES string of the molecule is O=C(OC[C@H]1O[C@@H](n2ccc(O)cc2=O)[C@H](O)[C@@H]1O)c1ccccc1. The Bertz CT molecular complexity index is 804. The van der Waals surface area contributed by atoms with Crippen LogP contribution in [0.3, 0.4) is 0 Å². The lowest BCUT2D eigenvalue weighted by molar-refractivity contribution is -0.0593. The van der Waals surface area contributed by atoms with Gasteiger partial charge in [-0.3, -0.25) is 9.36 Å². The number of nitrogens with zero attached hydrogens (tertiary/aromatic N) is 1. The molecule has 0 bridgehead atoms. The summed E-state index contributed by atoms with van der Waals surface area (Å²) < 4.78 is 11.6. The van der Waals surface area contributed by atoms with Crippen molar-refractivity contribution >= 4 is 5.97 Å². The maximum atomic E-state index is 11.9. The number of carbonyl (C=O) groups is 1. The highest BCUT2D eigenvalue weighted by atomic mass is 16.6. The first-order chi connectivity index (χ1) is 12.0. The average molecular weight is 347 g/mol. The molecular weight excluding hydrogens is 330 g/mol. The molecule has 2 aromatic rings. The molecule has 0 spiro atoms. The van der Waals surface area contributed by atoms with Crippen LogP contribution in [0.15, 0.2) is 53.5 Å². The fourth-order valence-electron chi connectivity index (χ4n) is 2.60. The van der Waals surface area contributed by atoms with E-state index in [0.29, 0.717) is 5.56 Å². The van der Waals surface area contributed by atoms with Gasteiger partial charge in [0.05, 0.1) is 5.56 Å². The maximum Gasteiger partial charge on any atom is 0.338 e. The number of aliphatic hydroxyl groups is 2. The van der Waals surface area contributed by atoms with E-state index < -0.39 is 36.1 Å². The molecule has 2 heterocycles. The predicted molar refractivity (Wildman–Crippen MR) is 85.0 cm³/mol. The van der Waals surface area contributed by atoms with Gasteiger partial charge >= 0.3 is 5.97 Å². The van der Waals surface area contributed by atoms with Gasteiger partial charge < -0.3 is 24.8 Å². The zero-order valence-corrected chi connectivity index (χ0v) is 13.1. The summed E-state index contributed by atoms with van der Waals surface area (Å²) in [4.78, 5) is 23.8. The number of hydrogen-bond donors (Lipinski definition) is 3. The topological polar surface area (TPSA) is 118 Å². The molecule has 4 atom stereocenters. The third-order valence-corrected chi connectivity index (χ3v) is 3.93. The Kier molecular flexibility index (Phi) is 4.84. The molecule has 1 fully saturated rings. The Morgan fingerprint density at radius 1 is 1.16 bits per heavy atom. The molecule has 1 aromatic carbocycles. The molecule has 1 aliphatic heterocycles. The molecule has 1 aliphatic rings. The van der Waals surface area contributed by atoms with Crippen molar-refractivity contribution in [3.63, 3.8) is 0 Å². The van der Waals surface area contributed by atoms with Crippen molar-refractivity contribution in [1.82, 2.24) is 4.57 Å². The summed E-state index contributed by atoms with van der Waals surface area (Å²) in [5.74, 6) is -0.807. The van der Waals surface area contributed by atoms with Gasteiger partial charge in [0.1, 0.15) is 30.7 Å². The van der Waals surface area contributed by atoms with E-state index >= 15 is 0 Å². The minimum atomic E-state index is -1.39. The van der Waals surface area contributed by atoms with E-state index in [2.05, 4.69) is 0 Å². The predicted octanol–water partition coefficient (Wildman–Crippen LogP) is 0.0301. The number of benzene rings is 1. The van der Waals surface area contributed by atoms with Gasteiger partial charge in [0.2, 0.25) is 0 Å². The number of rotatable bonds is 4. The standard InChI is InChI=1S/C17H17NO7/c19-11-6-7-18(13(20)8-11)16-15(22)14(21)12(25-16)9-24-17(23)10-4-2-1-3-5-10/h1-8,12,14-16,19,21-22H,9H2/t12-,14-,15-,16-/m1/s1. The zero-order valence-electron chi connectivity index (χ0n) is 13.1. The van der Waals surface area contributed by atoms with Crippen molar-refractivity contribution in [2.75, 3.05) is 6.61 Å². The van der Waals surface area contributed by atoms with Gasteiger partial charge in [-0.15, -0.1) is 0 Å². The summed E-state index contributed by atoms with van der Waals surface area (Å²) in [5, 5.41) is 29.5. The Morgan fingerprint density at radius 2 is 1.88 bits per heavy atom. The van der Waals surface area contributed by atoms with Gasteiger partial charge in [0, 0.05) is 12.3 Å². The van der Waals surface area contributed by atoms with Crippen molar-refractivity contribution in [2.24, 2.45) is 0 Å². The number of aromatic hydroxyl groups is 1. The molecule has 0 amide bonds. The van der Waals surface area contributed by atoms with Crippen LogP contribution in [0.2, 0.25) is 0 Å². The number of pyridine rings is 1. The average Bonchev–Trinajstić information content (AvgIpc) is 2.89. The van der Waals surface area contributed by atoms with Crippen molar-refractivity contribution in [3.8, 4) is 5.75 Å². The molecule has 3 rings (SSSR count). The zero-order chi connectivity index (χ0) is 18.0. The summed E-state index contributed by atoms with van der Waals surface area (Å²) in [7, 11) is 0. The van der Waals surface area contributed by atoms with Crippen molar-refractivity contribution < 1.29 is 29.6 Å². The van der Waals surface area contributed by atoms with Crippen LogP contribution in [-0.2, 0) is 9.47 Å². The van der Waals surface area contributed by atoms with Crippen molar-refractivity contribution in [2.45, 2.75) is 24.5 Å². The molecule has 0 aliphatic carbocycles. The van der Waals surface area contributed by atoms with Gasteiger partial charge in [0.15, 0.2) is 6.23 Å². The third-order valence-electron chi connectivity index (χ3n) is 3.93. The first-order valence-corrected chi connectivity index (χ1v) is 7.62. The van der Waals surface area contributed by atoms with E-state index in [9.17, 15) is 24.9 Å². The molecule has 0 saturated carbocycles. The molecule has 0 radical (unpaired) electrons. The molecule has 8 nitrogen and oxygen atoms in total. The van der Waals surface area contributed by atoms with Gasteiger partial charge in [-0.1, -0.05) is 18.2 Å². The van der Waals surface area contributed by atoms with E-state index in [1.807, 2.05) is 0 Å². The largest absolute Gasteiger partial charge is 0.508 e. The van der Waals surface area contributed by atoms with Gasteiger partial charge in [0.25, 0.3) is 5.56 Å². The van der Waals surface area contributed by atoms with Crippen LogP contribution in [0.1, 0.15) is 16.6 Å². The normalized spacial score (nSPS) is 25.7. The molecule has 3 N–H and O–H groups in total. The second-order valence-electron chi connectivity index (χ2n) is 5.64. The molecule has 1 saturated heterocycles. The highest BCUT2D eigenvalue weighted by Crippen LogP contribution is 2.29. The van der Waals surface area contributed by atoms with Crippen LogP contribution in [0, 0.1) is 0 Å². The molecule has 25 heavy (non-hydrogen) atoms. The number of aromatic nitrogens is 1. The van der Waals surface area contributed by atoms with Crippen LogP contribution < -0.4 is 5.56 Å². The van der Waals surface area contributed by atoms with Crippen LogP contribution in [0.4, 0.5) is 0 Å². The number of aliphatic hydroxyl groups excluding tert-OH is 2. The first kappa shape index (κ1) is 17.2. The summed E-state index contributed by atoms with van der Waals surface area (Å²) in [6.07, 6.45) is -3.62. The second-order valence-corrected chi connectivity index (χ2v) is 5.64. The lowest BCUT2D eigenvalue weighted by atomic mass is 10.1. The van der Waals surface area contributed by atoms with Gasteiger partial charge in [-0.25, -0.2) is 4.79 Å². The van der Waals surface area contributed by atoms with Crippen molar-refractivity contribution in [3.05, 3.63) is 64.6 Å². The lowest BCUT2D eigenvalue weighted by Crippen LogP contribution is -2.35. The van der Waals surface area contributed by atoms with E-state index in [-0.39, 0.29) is 12.4 Å². The monoisotopic (exact) mass is 347 g/mol. The minimum absolute atomic E-state index is 0.220. The van der Waals surface area contributed by atoms with Crippen molar-refractivity contribution in [1.29, 1.82) is 0 Å². The smallest absolute Gasteiger partial charge is 0.338 e. The number of hydrogen-bond acceptors (Lipinski definition) is 7. The Labute approximate surface area is 142 Å². The summed E-state index contributed by atoms with van der Waals surface area (Å²) in [6.45, 7) is -0.282. The fourth-order valence-corrected chi connectivity index (χ4v) is 2.60. The third kappa shape index (κ3) is 3.55. The molecular formula is C17H17NO7. The Balaban J connectivity index is 1.68. The van der Waals surface area contributed by atoms with E-state index in [4.69, 9.17) is 9.47 Å². The molecule has 132 valence electrons. The van der Waals surface area contributed by atoms with Crippen LogP contribution >= 0.6 is 0 Å². The summed E-state index contributed by atoms with van der Waals surface area (Å²) >= 11 is 0. The second kappa shape index (κ2) is 7.06. The van der Waals surface area contributed by atoms with Crippen LogP contribution in [0.25, 0.3) is 0 Å². The summed E-state index contributed by atoms with van der Waals surface area (Å²) in [6, 6.07) is 10.5. The van der Waals surface area contributed by atoms with E-state index in [1.165, 1.54) is 12.3 Å². The van der Waals surface area contributed by atoms with Crippen LogP contribution in [-0.4, -0.2) is 50.8 Å². The quantitative estimate of drug-likeness (QED) is 0.668.